The van der Waals surface area contributed by atoms with Crippen molar-refractivity contribution in [2.24, 2.45) is 0 Å². The third kappa shape index (κ3) is 3.35. The number of Topliss-reactive ketones (excluding diaryl/α,β-unsaturated/α-hetero) is 1. The van der Waals surface area contributed by atoms with Crippen LogP contribution in [0.15, 0.2) is 36.4 Å². The van der Waals surface area contributed by atoms with Crippen molar-refractivity contribution in [3.05, 3.63) is 62.9 Å². The summed E-state index contributed by atoms with van der Waals surface area (Å²) in [5.74, 6) is -0.855. The maximum atomic E-state index is 13.0. The van der Waals surface area contributed by atoms with E-state index in [2.05, 4.69) is 0 Å². The lowest BCUT2D eigenvalue weighted by Crippen LogP contribution is -1.96. The number of benzene rings is 2. The van der Waals surface area contributed by atoms with Crippen LogP contribution in [-0.4, -0.2) is 10.7 Å². The van der Waals surface area contributed by atoms with Crippen LogP contribution in [0.5, 0.6) is 11.5 Å². The van der Waals surface area contributed by atoms with E-state index in [-0.39, 0.29) is 22.3 Å². The Morgan fingerprint density at radius 2 is 2.00 bits per heavy atom. The number of rotatable bonds is 4. The highest BCUT2D eigenvalue weighted by atomic mass is 35.5. The minimum atomic E-state index is -0.746. The Balaban J connectivity index is 2.37. The van der Waals surface area contributed by atoms with Crippen LogP contribution in [0.2, 0.25) is 5.02 Å². The number of hydrogen-bond donors (Lipinski definition) is 0. The van der Waals surface area contributed by atoms with E-state index in [1.165, 1.54) is 25.1 Å². The zero-order valence-corrected chi connectivity index (χ0v) is 11.6. The van der Waals surface area contributed by atoms with Crippen LogP contribution in [0, 0.1) is 15.9 Å². The van der Waals surface area contributed by atoms with Gasteiger partial charge in [-0.05, 0) is 31.2 Å². The molecule has 7 heteroatoms. The number of ether oxygens (including phenoxy) is 1. The second-order valence-corrected chi connectivity index (χ2v) is 4.58. The molecule has 0 amide bonds. The molecule has 0 aliphatic carbocycles. The second-order valence-electron chi connectivity index (χ2n) is 4.17. The first-order valence-corrected chi connectivity index (χ1v) is 6.18. The molecule has 0 radical (unpaired) electrons. The molecular weight excluding hydrogens is 301 g/mol. The molecule has 5 nitrogen and oxygen atoms in total. The Morgan fingerprint density at radius 3 is 2.57 bits per heavy atom. The lowest BCUT2D eigenvalue weighted by atomic mass is 10.1. The van der Waals surface area contributed by atoms with Gasteiger partial charge in [0.2, 0.25) is 5.75 Å². The molecule has 0 saturated heterocycles. The molecule has 0 N–H and O–H groups in total. The van der Waals surface area contributed by atoms with Crippen LogP contribution in [0.25, 0.3) is 0 Å². The van der Waals surface area contributed by atoms with Crippen molar-refractivity contribution >= 4 is 23.1 Å². The highest BCUT2D eigenvalue weighted by molar-refractivity contribution is 6.34. The lowest BCUT2D eigenvalue weighted by molar-refractivity contribution is -0.385. The summed E-state index contributed by atoms with van der Waals surface area (Å²) in [4.78, 5) is 21.4. The number of ketones is 1. The quantitative estimate of drug-likeness (QED) is 0.477. The van der Waals surface area contributed by atoms with Gasteiger partial charge < -0.3 is 4.74 Å². The normalized spacial score (nSPS) is 10.2. The largest absolute Gasteiger partial charge is 0.450 e. The van der Waals surface area contributed by atoms with Gasteiger partial charge in [-0.1, -0.05) is 11.6 Å². The van der Waals surface area contributed by atoms with Gasteiger partial charge in [0, 0.05) is 11.6 Å². The van der Waals surface area contributed by atoms with Crippen molar-refractivity contribution in [2.75, 3.05) is 0 Å². The number of nitrogens with zero attached hydrogens (tertiary/aromatic N) is 1. The molecule has 0 unspecified atom stereocenters. The van der Waals surface area contributed by atoms with Gasteiger partial charge in [0.05, 0.1) is 16.0 Å². The number of halogens is 2. The molecule has 2 aromatic carbocycles. The highest BCUT2D eigenvalue weighted by Gasteiger charge is 2.17. The first-order valence-electron chi connectivity index (χ1n) is 5.81. The summed E-state index contributed by atoms with van der Waals surface area (Å²) in [6.07, 6.45) is 0. The topological polar surface area (TPSA) is 69.4 Å². The van der Waals surface area contributed by atoms with E-state index in [9.17, 15) is 19.3 Å². The molecule has 2 rings (SSSR count). The van der Waals surface area contributed by atoms with E-state index in [0.29, 0.717) is 5.56 Å². The number of nitro benzene ring substituents is 1. The predicted octanol–water partition coefficient (Wildman–Crippen LogP) is 4.38. The molecule has 2 aromatic rings. The van der Waals surface area contributed by atoms with E-state index in [1.807, 2.05) is 0 Å². The summed E-state index contributed by atoms with van der Waals surface area (Å²) < 4.78 is 18.4. The monoisotopic (exact) mass is 309 g/mol. The number of hydrogen-bond acceptors (Lipinski definition) is 4. The summed E-state index contributed by atoms with van der Waals surface area (Å²) >= 11 is 5.92. The number of carbonyl (C=O) groups excluding carboxylic acids is 1. The molecule has 0 aliphatic rings. The highest BCUT2D eigenvalue weighted by Crippen LogP contribution is 2.33. The van der Waals surface area contributed by atoms with Crippen molar-refractivity contribution in [3.63, 3.8) is 0 Å². The van der Waals surface area contributed by atoms with Crippen LogP contribution in [0.1, 0.15) is 17.3 Å². The van der Waals surface area contributed by atoms with Gasteiger partial charge >= 0.3 is 5.69 Å². The van der Waals surface area contributed by atoms with Gasteiger partial charge in [0.15, 0.2) is 5.78 Å². The van der Waals surface area contributed by atoms with Gasteiger partial charge in [-0.3, -0.25) is 14.9 Å². The Labute approximate surface area is 124 Å². The average Bonchev–Trinajstić information content (AvgIpc) is 2.40. The lowest BCUT2D eigenvalue weighted by Gasteiger charge is -2.08. The minimum absolute atomic E-state index is 0.118. The Hall–Kier alpha value is -2.47. The van der Waals surface area contributed by atoms with Crippen molar-refractivity contribution < 1.29 is 18.8 Å². The summed E-state index contributed by atoms with van der Waals surface area (Å²) in [5, 5.41) is 11.0. The third-order valence-corrected chi connectivity index (χ3v) is 2.98. The summed E-state index contributed by atoms with van der Waals surface area (Å²) in [6, 6.07) is 7.24. The first kappa shape index (κ1) is 14.9. The van der Waals surface area contributed by atoms with E-state index in [4.69, 9.17) is 16.3 Å². The van der Waals surface area contributed by atoms with Gasteiger partial charge in [0.1, 0.15) is 11.6 Å². The second kappa shape index (κ2) is 5.88. The SMILES string of the molecule is CC(=O)c1ccc(Oc2ccc(F)cc2[N+](=O)[O-])cc1Cl. The van der Waals surface area contributed by atoms with Crippen LogP contribution >= 0.6 is 11.6 Å². The zero-order chi connectivity index (χ0) is 15.6. The average molecular weight is 310 g/mol. The van der Waals surface area contributed by atoms with Crippen LogP contribution < -0.4 is 4.74 Å². The molecule has 0 fully saturated rings. The fourth-order valence-corrected chi connectivity index (χ4v) is 1.99. The smallest absolute Gasteiger partial charge is 0.314 e. The molecule has 0 bridgehead atoms. The predicted molar refractivity (Wildman–Crippen MR) is 74.6 cm³/mol. The Kier molecular flexibility index (Phi) is 4.18. The van der Waals surface area contributed by atoms with Crippen molar-refractivity contribution in [3.8, 4) is 11.5 Å². The van der Waals surface area contributed by atoms with Crippen LogP contribution in [0.3, 0.4) is 0 Å². The molecule has 0 saturated carbocycles. The maximum Gasteiger partial charge on any atom is 0.314 e. The third-order valence-electron chi connectivity index (χ3n) is 2.67. The van der Waals surface area contributed by atoms with E-state index >= 15 is 0 Å². The molecule has 0 aliphatic heterocycles. The molecule has 21 heavy (non-hydrogen) atoms. The van der Waals surface area contributed by atoms with Crippen LogP contribution in [0.4, 0.5) is 10.1 Å². The molecule has 108 valence electrons. The summed E-state index contributed by atoms with van der Waals surface area (Å²) in [6.45, 7) is 1.37. The summed E-state index contributed by atoms with van der Waals surface area (Å²) in [7, 11) is 0. The fourth-order valence-electron chi connectivity index (χ4n) is 1.69. The number of carbonyl (C=O) groups is 1. The minimum Gasteiger partial charge on any atom is -0.450 e. The van der Waals surface area contributed by atoms with Crippen molar-refractivity contribution in [1.82, 2.24) is 0 Å². The molecule has 0 atom stereocenters. The van der Waals surface area contributed by atoms with Gasteiger partial charge in [-0.15, -0.1) is 0 Å². The van der Waals surface area contributed by atoms with Crippen molar-refractivity contribution in [1.29, 1.82) is 0 Å². The standard InChI is InChI=1S/C14H9ClFNO4/c1-8(18)11-4-3-10(7-12(11)15)21-14-5-2-9(16)6-13(14)17(19)20/h2-7H,1H3. The van der Waals surface area contributed by atoms with Gasteiger partial charge in [-0.2, -0.15) is 0 Å². The first-order chi connectivity index (χ1) is 9.88. The molecule has 0 heterocycles. The van der Waals surface area contributed by atoms with E-state index in [0.717, 1.165) is 18.2 Å². The molecular formula is C14H9ClFNO4. The van der Waals surface area contributed by atoms with Crippen LogP contribution in [-0.2, 0) is 0 Å². The van der Waals surface area contributed by atoms with Gasteiger partial charge in [0.25, 0.3) is 0 Å². The molecule has 0 aromatic heterocycles. The summed E-state index contributed by atoms with van der Waals surface area (Å²) in [5.41, 5.74) is -0.181. The fraction of sp³-hybridized carbons (Fsp3) is 0.0714. The van der Waals surface area contributed by atoms with Crippen molar-refractivity contribution in [2.45, 2.75) is 6.92 Å². The Morgan fingerprint density at radius 1 is 1.29 bits per heavy atom. The molecule has 0 spiro atoms. The zero-order valence-electron chi connectivity index (χ0n) is 10.8. The van der Waals surface area contributed by atoms with E-state index in [1.54, 1.807) is 0 Å². The maximum absolute atomic E-state index is 13.0. The Bertz CT molecular complexity index is 733. The van der Waals surface area contributed by atoms with Gasteiger partial charge in [-0.25, -0.2) is 4.39 Å². The van der Waals surface area contributed by atoms with E-state index < -0.39 is 16.4 Å². The number of nitro groups is 1.